The fourth-order valence-electron chi connectivity index (χ4n) is 3.68. The van der Waals surface area contributed by atoms with Crippen LogP contribution in [0.1, 0.15) is 37.4 Å². The summed E-state index contributed by atoms with van der Waals surface area (Å²) in [5, 5.41) is 7.13. The molecule has 38 heavy (non-hydrogen) atoms. The fraction of sp³-hybridized carbons (Fsp3) is 0.0690. The predicted molar refractivity (Wildman–Crippen MR) is 149 cm³/mol. The SMILES string of the molecule is N/C(=C\N(N)Cc1ccc(C(=O)Nc2ccccc2N)cc1)c1ccc(C(=O)NCc2cccnc2)cc1. The Morgan fingerprint density at radius 3 is 2.16 bits per heavy atom. The van der Waals surface area contributed by atoms with Crippen LogP contribution in [0.2, 0.25) is 0 Å². The van der Waals surface area contributed by atoms with E-state index >= 15 is 0 Å². The van der Waals surface area contributed by atoms with Crippen molar-refractivity contribution < 1.29 is 9.59 Å². The van der Waals surface area contributed by atoms with Crippen molar-refractivity contribution >= 4 is 28.9 Å². The molecule has 0 spiro atoms. The number of nitrogen functional groups attached to an aromatic ring is 1. The van der Waals surface area contributed by atoms with Gasteiger partial charge in [0, 0.05) is 36.3 Å². The highest BCUT2D eigenvalue weighted by Crippen LogP contribution is 2.18. The highest BCUT2D eigenvalue weighted by molar-refractivity contribution is 6.05. The number of aromatic nitrogens is 1. The van der Waals surface area contributed by atoms with Crippen LogP contribution < -0.4 is 27.9 Å². The normalized spacial score (nSPS) is 11.0. The molecule has 2 amide bonds. The molecule has 0 aliphatic carbocycles. The monoisotopic (exact) mass is 507 g/mol. The molecule has 0 atom stereocenters. The predicted octanol–water partition coefficient (Wildman–Crippen LogP) is 3.48. The highest BCUT2D eigenvalue weighted by atomic mass is 16.2. The number of nitrogens with one attached hydrogen (secondary N) is 2. The van der Waals surface area contributed by atoms with Gasteiger partial charge in [-0.3, -0.25) is 14.6 Å². The van der Waals surface area contributed by atoms with Gasteiger partial charge in [0.15, 0.2) is 0 Å². The maximum absolute atomic E-state index is 12.5. The van der Waals surface area contributed by atoms with Gasteiger partial charge in [0.2, 0.25) is 0 Å². The number of para-hydroxylation sites is 2. The zero-order chi connectivity index (χ0) is 26.9. The van der Waals surface area contributed by atoms with Crippen LogP contribution in [0.4, 0.5) is 11.4 Å². The van der Waals surface area contributed by atoms with E-state index in [-0.39, 0.29) is 11.8 Å². The molecule has 0 fully saturated rings. The van der Waals surface area contributed by atoms with Crippen molar-refractivity contribution in [2.75, 3.05) is 11.1 Å². The van der Waals surface area contributed by atoms with E-state index in [4.69, 9.17) is 17.3 Å². The quantitative estimate of drug-likeness (QED) is 0.132. The molecule has 9 heteroatoms. The zero-order valence-corrected chi connectivity index (χ0v) is 20.7. The van der Waals surface area contributed by atoms with Crippen molar-refractivity contribution in [2.45, 2.75) is 13.1 Å². The van der Waals surface area contributed by atoms with E-state index in [1.165, 1.54) is 5.01 Å². The first-order chi connectivity index (χ1) is 18.4. The van der Waals surface area contributed by atoms with Crippen LogP contribution in [0.15, 0.2) is 104 Å². The molecule has 0 radical (unpaired) electrons. The number of hydrazine groups is 1. The van der Waals surface area contributed by atoms with Crippen molar-refractivity contribution in [1.82, 2.24) is 15.3 Å². The van der Waals surface area contributed by atoms with Gasteiger partial charge in [-0.2, -0.15) is 0 Å². The number of nitrogens with two attached hydrogens (primary N) is 3. The second-order valence-electron chi connectivity index (χ2n) is 8.62. The number of rotatable bonds is 9. The van der Waals surface area contributed by atoms with Crippen molar-refractivity contribution in [3.63, 3.8) is 0 Å². The van der Waals surface area contributed by atoms with Crippen molar-refractivity contribution in [1.29, 1.82) is 0 Å². The summed E-state index contributed by atoms with van der Waals surface area (Å²) in [6.07, 6.45) is 5.02. The molecule has 0 saturated carbocycles. The van der Waals surface area contributed by atoms with E-state index in [2.05, 4.69) is 15.6 Å². The average molecular weight is 508 g/mol. The average Bonchev–Trinajstić information content (AvgIpc) is 2.94. The first-order valence-electron chi connectivity index (χ1n) is 11.9. The van der Waals surface area contributed by atoms with Gasteiger partial charge < -0.3 is 27.1 Å². The van der Waals surface area contributed by atoms with Crippen LogP contribution in [0.5, 0.6) is 0 Å². The number of benzene rings is 3. The number of carbonyl (C=O) groups is 2. The van der Waals surface area contributed by atoms with Gasteiger partial charge in [-0.05, 0) is 59.2 Å². The summed E-state index contributed by atoms with van der Waals surface area (Å²) in [6, 6.07) is 24.9. The molecule has 8 N–H and O–H groups in total. The summed E-state index contributed by atoms with van der Waals surface area (Å²) >= 11 is 0. The van der Waals surface area contributed by atoms with Crippen LogP contribution >= 0.6 is 0 Å². The Labute approximate surface area is 220 Å². The van der Waals surface area contributed by atoms with Crippen LogP contribution in [0, 0.1) is 0 Å². The Morgan fingerprint density at radius 1 is 0.816 bits per heavy atom. The number of hydrogen-bond acceptors (Lipinski definition) is 7. The summed E-state index contributed by atoms with van der Waals surface area (Å²) < 4.78 is 0. The van der Waals surface area contributed by atoms with Crippen LogP contribution in [-0.2, 0) is 13.1 Å². The summed E-state index contributed by atoms with van der Waals surface area (Å²) in [4.78, 5) is 29.0. The largest absolute Gasteiger partial charge is 0.397 e. The molecule has 0 aliphatic heterocycles. The van der Waals surface area contributed by atoms with Crippen molar-refractivity contribution in [3.8, 4) is 0 Å². The van der Waals surface area contributed by atoms with E-state index in [0.29, 0.717) is 41.3 Å². The zero-order valence-electron chi connectivity index (χ0n) is 20.7. The summed E-state index contributed by atoms with van der Waals surface area (Å²) in [7, 11) is 0. The third-order valence-corrected chi connectivity index (χ3v) is 5.75. The third-order valence-electron chi connectivity index (χ3n) is 5.75. The Bertz CT molecular complexity index is 1420. The lowest BCUT2D eigenvalue weighted by Crippen LogP contribution is -2.25. The van der Waals surface area contributed by atoms with E-state index in [0.717, 1.165) is 16.7 Å². The fourth-order valence-corrected chi connectivity index (χ4v) is 3.68. The number of pyridine rings is 1. The van der Waals surface area contributed by atoms with E-state index in [1.807, 2.05) is 24.3 Å². The molecule has 9 nitrogen and oxygen atoms in total. The summed E-state index contributed by atoms with van der Waals surface area (Å²) in [6.45, 7) is 0.773. The highest BCUT2D eigenvalue weighted by Gasteiger charge is 2.09. The smallest absolute Gasteiger partial charge is 0.255 e. The van der Waals surface area contributed by atoms with Crippen LogP contribution in [-0.4, -0.2) is 21.8 Å². The summed E-state index contributed by atoms with van der Waals surface area (Å²) in [5.74, 6) is 5.71. The number of hydrogen-bond donors (Lipinski definition) is 5. The van der Waals surface area contributed by atoms with Crippen molar-refractivity contribution in [3.05, 3.63) is 131 Å². The van der Waals surface area contributed by atoms with Gasteiger partial charge in [-0.25, -0.2) is 5.84 Å². The summed E-state index contributed by atoms with van der Waals surface area (Å²) in [5.41, 5.74) is 17.2. The molecule has 0 aliphatic rings. The molecule has 3 aromatic carbocycles. The van der Waals surface area contributed by atoms with Gasteiger partial charge in [0.05, 0.1) is 23.6 Å². The molecule has 192 valence electrons. The van der Waals surface area contributed by atoms with Gasteiger partial charge >= 0.3 is 0 Å². The maximum atomic E-state index is 12.5. The number of amides is 2. The molecular formula is C29H29N7O2. The van der Waals surface area contributed by atoms with Crippen molar-refractivity contribution in [2.24, 2.45) is 11.6 Å². The molecule has 1 aromatic heterocycles. The van der Waals surface area contributed by atoms with E-state index < -0.39 is 0 Å². The standard InChI is InChI=1S/C29H29N7O2/c30-25-5-1-2-6-27(25)35-29(38)24-9-7-20(8-10-24)18-36(32)19-26(31)22-11-13-23(14-12-22)28(37)34-17-21-4-3-15-33-16-21/h1-16,19H,17-18,30-32H2,(H,34,37)(H,35,38)/b26-19-. The minimum Gasteiger partial charge on any atom is -0.397 e. The lowest BCUT2D eigenvalue weighted by molar-refractivity contribution is 0.0950. The Morgan fingerprint density at radius 2 is 1.47 bits per heavy atom. The number of anilines is 2. The lowest BCUT2D eigenvalue weighted by Gasteiger charge is -2.16. The van der Waals surface area contributed by atoms with Gasteiger partial charge in [-0.15, -0.1) is 0 Å². The third kappa shape index (κ3) is 6.96. The lowest BCUT2D eigenvalue weighted by atomic mass is 10.1. The molecule has 4 rings (SSSR count). The first kappa shape index (κ1) is 25.9. The molecule has 4 aromatic rings. The number of nitrogens with zero attached hydrogens (tertiary/aromatic N) is 2. The molecular weight excluding hydrogens is 478 g/mol. The molecule has 1 heterocycles. The molecule has 0 unspecified atom stereocenters. The van der Waals surface area contributed by atoms with E-state index in [9.17, 15) is 9.59 Å². The Hall–Kier alpha value is -5.15. The minimum atomic E-state index is -0.252. The van der Waals surface area contributed by atoms with E-state index in [1.54, 1.807) is 79.3 Å². The second-order valence-corrected chi connectivity index (χ2v) is 8.62. The second kappa shape index (κ2) is 12.2. The van der Waals surface area contributed by atoms with Gasteiger partial charge in [0.25, 0.3) is 11.8 Å². The first-order valence-corrected chi connectivity index (χ1v) is 11.9. The minimum absolute atomic E-state index is 0.187. The Balaban J connectivity index is 1.31. The number of carbonyl (C=O) groups excluding carboxylic acids is 2. The Kier molecular flexibility index (Phi) is 8.32. The van der Waals surface area contributed by atoms with Crippen LogP contribution in [0.25, 0.3) is 5.70 Å². The topological polar surface area (TPSA) is 152 Å². The maximum Gasteiger partial charge on any atom is 0.255 e. The van der Waals surface area contributed by atoms with Crippen LogP contribution in [0.3, 0.4) is 0 Å². The molecule has 0 saturated heterocycles. The molecule has 0 bridgehead atoms. The van der Waals surface area contributed by atoms with Gasteiger partial charge in [0.1, 0.15) is 0 Å². The van der Waals surface area contributed by atoms with Gasteiger partial charge in [-0.1, -0.05) is 42.5 Å².